The second kappa shape index (κ2) is 8.85. The third-order valence-electron chi connectivity index (χ3n) is 3.69. The van der Waals surface area contributed by atoms with Crippen LogP contribution >= 0.6 is 0 Å². The molecular formula is C19H25NO3S. The predicted molar refractivity (Wildman–Crippen MR) is 97.7 cm³/mol. The molecule has 0 aliphatic rings. The van der Waals surface area contributed by atoms with Crippen molar-refractivity contribution in [3.05, 3.63) is 65.2 Å². The molecule has 2 rings (SSSR count). The van der Waals surface area contributed by atoms with Crippen LogP contribution in [0.4, 0.5) is 0 Å². The Morgan fingerprint density at radius 1 is 1.04 bits per heavy atom. The van der Waals surface area contributed by atoms with Crippen LogP contribution in [0.15, 0.2) is 48.5 Å². The molecule has 0 spiro atoms. The van der Waals surface area contributed by atoms with Crippen LogP contribution in [0.5, 0.6) is 5.75 Å². The average molecular weight is 347 g/mol. The average Bonchev–Trinajstić information content (AvgIpc) is 2.55. The highest BCUT2D eigenvalue weighted by Crippen LogP contribution is 2.19. The fourth-order valence-corrected chi connectivity index (χ4v) is 3.66. The number of ether oxygens (including phenoxy) is 1. The molecule has 0 aliphatic carbocycles. The summed E-state index contributed by atoms with van der Waals surface area (Å²) >= 11 is 0. The summed E-state index contributed by atoms with van der Waals surface area (Å²) in [6.45, 7) is 4.99. The van der Waals surface area contributed by atoms with E-state index in [9.17, 15) is 8.42 Å². The summed E-state index contributed by atoms with van der Waals surface area (Å²) in [5, 5.41) is 0. The van der Waals surface area contributed by atoms with Gasteiger partial charge in [-0.1, -0.05) is 48.0 Å². The van der Waals surface area contributed by atoms with E-state index in [4.69, 9.17) is 4.74 Å². The number of nitrogens with one attached hydrogen (secondary N) is 1. The smallest absolute Gasteiger partial charge is 0.215 e. The first-order valence-electron chi connectivity index (χ1n) is 8.24. The zero-order chi connectivity index (χ0) is 17.4. The van der Waals surface area contributed by atoms with Crippen molar-refractivity contribution < 1.29 is 13.2 Å². The SMILES string of the molecule is CCOc1ccccc1CCCNS(=O)(=O)Cc1ccc(C)cc1. The van der Waals surface area contributed by atoms with Crippen molar-refractivity contribution in [1.29, 1.82) is 0 Å². The normalized spacial score (nSPS) is 11.4. The first kappa shape index (κ1) is 18.5. The van der Waals surface area contributed by atoms with E-state index >= 15 is 0 Å². The van der Waals surface area contributed by atoms with Crippen molar-refractivity contribution in [3.63, 3.8) is 0 Å². The molecule has 130 valence electrons. The van der Waals surface area contributed by atoms with Crippen LogP contribution in [0, 0.1) is 6.92 Å². The van der Waals surface area contributed by atoms with Crippen LogP contribution < -0.4 is 9.46 Å². The molecular weight excluding hydrogens is 322 g/mol. The van der Waals surface area contributed by atoms with Crippen molar-refractivity contribution in [3.8, 4) is 5.75 Å². The molecule has 0 bridgehead atoms. The van der Waals surface area contributed by atoms with E-state index in [2.05, 4.69) is 4.72 Å². The van der Waals surface area contributed by atoms with Crippen LogP contribution in [0.1, 0.15) is 30.0 Å². The van der Waals surface area contributed by atoms with Crippen LogP contribution in [0.3, 0.4) is 0 Å². The minimum absolute atomic E-state index is 0.0167. The summed E-state index contributed by atoms with van der Waals surface area (Å²) in [6, 6.07) is 15.4. The molecule has 0 amide bonds. The molecule has 1 N–H and O–H groups in total. The van der Waals surface area contributed by atoms with E-state index in [0.717, 1.165) is 35.3 Å². The summed E-state index contributed by atoms with van der Waals surface area (Å²) < 4.78 is 32.5. The maximum atomic E-state index is 12.1. The Hall–Kier alpha value is -1.85. The number of sulfonamides is 1. The monoisotopic (exact) mass is 347 g/mol. The minimum atomic E-state index is -3.30. The molecule has 0 radical (unpaired) electrons. The number of benzene rings is 2. The van der Waals surface area contributed by atoms with Gasteiger partial charge in [-0.25, -0.2) is 13.1 Å². The van der Waals surface area contributed by atoms with Gasteiger partial charge in [0.15, 0.2) is 0 Å². The summed E-state index contributed by atoms with van der Waals surface area (Å²) in [6.07, 6.45) is 1.51. The third kappa shape index (κ3) is 5.98. The van der Waals surface area contributed by atoms with E-state index in [-0.39, 0.29) is 5.75 Å². The Kier molecular flexibility index (Phi) is 6.82. The summed E-state index contributed by atoms with van der Waals surface area (Å²) in [5.41, 5.74) is 3.03. The van der Waals surface area contributed by atoms with Gasteiger partial charge in [-0.2, -0.15) is 0 Å². The van der Waals surface area contributed by atoms with E-state index in [1.807, 2.05) is 62.4 Å². The Labute approximate surface area is 144 Å². The maximum absolute atomic E-state index is 12.1. The van der Waals surface area contributed by atoms with E-state index in [1.54, 1.807) is 0 Å². The fourth-order valence-electron chi connectivity index (χ4n) is 2.47. The Morgan fingerprint density at radius 2 is 1.75 bits per heavy atom. The highest BCUT2D eigenvalue weighted by atomic mass is 32.2. The standard InChI is InChI=1S/C19H25NO3S/c1-3-23-19-9-5-4-7-18(19)8-6-14-20-24(21,22)15-17-12-10-16(2)11-13-17/h4-5,7,9-13,20H,3,6,8,14-15H2,1-2H3. The second-order valence-electron chi connectivity index (χ2n) is 5.78. The van der Waals surface area contributed by atoms with Gasteiger partial charge in [-0.15, -0.1) is 0 Å². The number of rotatable bonds is 9. The van der Waals surface area contributed by atoms with Gasteiger partial charge in [-0.05, 0) is 43.9 Å². The first-order chi connectivity index (χ1) is 11.5. The minimum Gasteiger partial charge on any atom is -0.494 e. The molecule has 0 atom stereocenters. The van der Waals surface area contributed by atoms with Crippen molar-refractivity contribution in [2.45, 2.75) is 32.4 Å². The highest BCUT2D eigenvalue weighted by Gasteiger charge is 2.11. The summed E-state index contributed by atoms with van der Waals surface area (Å²) in [7, 11) is -3.30. The molecule has 4 nitrogen and oxygen atoms in total. The number of aryl methyl sites for hydroxylation is 2. The van der Waals surface area contributed by atoms with Crippen molar-refractivity contribution in [2.75, 3.05) is 13.2 Å². The Morgan fingerprint density at radius 3 is 2.46 bits per heavy atom. The molecule has 0 saturated carbocycles. The van der Waals surface area contributed by atoms with Gasteiger partial charge < -0.3 is 4.74 Å². The quantitative estimate of drug-likeness (QED) is 0.707. The predicted octanol–water partition coefficient (Wildman–Crippen LogP) is 3.45. The van der Waals surface area contributed by atoms with Crippen LogP contribution in [-0.4, -0.2) is 21.6 Å². The third-order valence-corrected chi connectivity index (χ3v) is 5.05. The fraction of sp³-hybridized carbons (Fsp3) is 0.368. The largest absolute Gasteiger partial charge is 0.494 e. The van der Waals surface area contributed by atoms with Gasteiger partial charge in [0.1, 0.15) is 5.75 Å². The van der Waals surface area contributed by atoms with Gasteiger partial charge in [0.05, 0.1) is 12.4 Å². The zero-order valence-electron chi connectivity index (χ0n) is 14.3. The molecule has 0 unspecified atom stereocenters. The number of para-hydroxylation sites is 1. The molecule has 0 saturated heterocycles. The van der Waals surface area contributed by atoms with Crippen molar-refractivity contribution in [2.24, 2.45) is 0 Å². The molecule has 0 aliphatic heterocycles. The van der Waals surface area contributed by atoms with Gasteiger partial charge in [0, 0.05) is 6.54 Å². The second-order valence-corrected chi connectivity index (χ2v) is 7.59. The molecule has 0 heterocycles. The molecule has 24 heavy (non-hydrogen) atoms. The van der Waals surface area contributed by atoms with Crippen LogP contribution in [0.2, 0.25) is 0 Å². The topological polar surface area (TPSA) is 55.4 Å². The maximum Gasteiger partial charge on any atom is 0.215 e. The lowest BCUT2D eigenvalue weighted by Gasteiger charge is -2.10. The Balaban J connectivity index is 1.82. The van der Waals surface area contributed by atoms with Gasteiger partial charge in [0.25, 0.3) is 0 Å². The van der Waals surface area contributed by atoms with E-state index < -0.39 is 10.0 Å². The van der Waals surface area contributed by atoms with E-state index in [0.29, 0.717) is 13.2 Å². The molecule has 2 aromatic carbocycles. The van der Waals surface area contributed by atoms with Gasteiger partial charge >= 0.3 is 0 Å². The number of hydrogen-bond acceptors (Lipinski definition) is 3. The Bertz CT molecular complexity index is 739. The van der Waals surface area contributed by atoms with Crippen molar-refractivity contribution in [1.82, 2.24) is 4.72 Å². The van der Waals surface area contributed by atoms with Crippen molar-refractivity contribution >= 4 is 10.0 Å². The first-order valence-corrected chi connectivity index (χ1v) is 9.89. The molecule has 2 aromatic rings. The van der Waals surface area contributed by atoms with Crippen LogP contribution in [0.25, 0.3) is 0 Å². The molecule has 5 heteroatoms. The lowest BCUT2D eigenvalue weighted by molar-refractivity contribution is 0.336. The zero-order valence-corrected chi connectivity index (χ0v) is 15.1. The van der Waals surface area contributed by atoms with Crippen LogP contribution in [-0.2, 0) is 22.2 Å². The lowest BCUT2D eigenvalue weighted by atomic mass is 10.1. The summed E-state index contributed by atoms with van der Waals surface area (Å²) in [4.78, 5) is 0. The molecule has 0 aromatic heterocycles. The summed E-state index contributed by atoms with van der Waals surface area (Å²) in [5.74, 6) is 0.894. The van der Waals surface area contributed by atoms with Gasteiger partial charge in [0.2, 0.25) is 10.0 Å². The highest BCUT2D eigenvalue weighted by molar-refractivity contribution is 7.88. The van der Waals surface area contributed by atoms with E-state index in [1.165, 1.54) is 0 Å². The molecule has 0 fully saturated rings. The lowest BCUT2D eigenvalue weighted by Crippen LogP contribution is -2.26. The number of hydrogen-bond donors (Lipinski definition) is 1. The van der Waals surface area contributed by atoms with Gasteiger partial charge in [-0.3, -0.25) is 0 Å².